The molecule has 2 aromatic rings. The minimum Gasteiger partial charge on any atom is -0.497 e. The van der Waals surface area contributed by atoms with E-state index in [2.05, 4.69) is 28.8 Å². The Balaban J connectivity index is 1.63. The molecule has 0 heterocycles. The number of nitrogens with one attached hydrogen (secondary N) is 2. The van der Waals surface area contributed by atoms with Gasteiger partial charge in [-0.05, 0) is 60.2 Å². The first-order valence-corrected chi connectivity index (χ1v) is 9.27. The summed E-state index contributed by atoms with van der Waals surface area (Å²) in [6.45, 7) is 0.441. The van der Waals surface area contributed by atoms with Gasteiger partial charge < -0.3 is 24.8 Å². The van der Waals surface area contributed by atoms with Crippen molar-refractivity contribution in [2.45, 2.75) is 19.3 Å². The van der Waals surface area contributed by atoms with Crippen LogP contribution in [0.1, 0.15) is 24.0 Å². The Labute approximate surface area is 165 Å². The normalized spacial score (nSPS) is 14.2. The standard InChI is InChI=1S/C22H26N2O4/c1-26-17-8-7-15-5-4-6-16(19(15)13-17)11-12-23-22(25)24-20-10-9-18(27-2)14-21(20)28-3/h7-11,13-14H,4-6,12H2,1-3H3,(H2,23,24,25)/b16-11+. The van der Waals surface area contributed by atoms with Crippen LogP contribution in [0.15, 0.2) is 42.5 Å². The number of hydrogen-bond donors (Lipinski definition) is 2. The zero-order valence-electron chi connectivity index (χ0n) is 16.5. The lowest BCUT2D eigenvalue weighted by atomic mass is 9.87. The highest BCUT2D eigenvalue weighted by Gasteiger charge is 2.15. The van der Waals surface area contributed by atoms with E-state index in [1.54, 1.807) is 39.5 Å². The Kier molecular flexibility index (Phi) is 6.42. The second-order valence-electron chi connectivity index (χ2n) is 6.51. The van der Waals surface area contributed by atoms with Crippen LogP contribution in [0.3, 0.4) is 0 Å². The summed E-state index contributed by atoms with van der Waals surface area (Å²) >= 11 is 0. The van der Waals surface area contributed by atoms with Crippen molar-refractivity contribution in [1.29, 1.82) is 0 Å². The predicted octanol–water partition coefficient (Wildman–Crippen LogP) is 4.25. The molecule has 1 aliphatic rings. The van der Waals surface area contributed by atoms with Crippen LogP contribution in [0.4, 0.5) is 10.5 Å². The van der Waals surface area contributed by atoms with Gasteiger partial charge in [-0.15, -0.1) is 0 Å². The molecule has 3 rings (SSSR count). The maximum Gasteiger partial charge on any atom is 0.319 e. The molecule has 0 saturated carbocycles. The van der Waals surface area contributed by atoms with E-state index in [0.29, 0.717) is 23.7 Å². The number of rotatable bonds is 6. The van der Waals surface area contributed by atoms with Gasteiger partial charge in [-0.1, -0.05) is 12.1 Å². The number of benzene rings is 2. The fraction of sp³-hybridized carbons (Fsp3) is 0.318. The van der Waals surface area contributed by atoms with E-state index in [-0.39, 0.29) is 6.03 Å². The van der Waals surface area contributed by atoms with Crippen molar-refractivity contribution in [3.05, 3.63) is 53.6 Å². The number of carbonyl (C=O) groups excluding carboxylic acids is 1. The number of ether oxygens (including phenoxy) is 3. The molecule has 6 heteroatoms. The molecule has 28 heavy (non-hydrogen) atoms. The van der Waals surface area contributed by atoms with E-state index in [4.69, 9.17) is 14.2 Å². The van der Waals surface area contributed by atoms with Crippen molar-refractivity contribution in [1.82, 2.24) is 5.32 Å². The van der Waals surface area contributed by atoms with Crippen LogP contribution in [0.5, 0.6) is 17.2 Å². The Morgan fingerprint density at radius 1 is 1.00 bits per heavy atom. The molecule has 0 fully saturated rings. The molecular formula is C22H26N2O4. The van der Waals surface area contributed by atoms with Crippen LogP contribution in [-0.2, 0) is 6.42 Å². The summed E-state index contributed by atoms with van der Waals surface area (Å²) < 4.78 is 15.8. The Bertz CT molecular complexity index is 877. The zero-order valence-corrected chi connectivity index (χ0v) is 16.5. The Morgan fingerprint density at radius 3 is 2.50 bits per heavy atom. The maximum absolute atomic E-state index is 12.3. The molecule has 2 amide bonds. The van der Waals surface area contributed by atoms with Crippen LogP contribution < -0.4 is 24.8 Å². The number of fused-ring (bicyclic) bond motifs is 1. The lowest BCUT2D eigenvalue weighted by Gasteiger charge is -2.20. The number of allylic oxidation sites excluding steroid dienone is 1. The molecule has 2 aromatic carbocycles. The third kappa shape index (κ3) is 4.57. The van der Waals surface area contributed by atoms with Gasteiger partial charge in [0.15, 0.2) is 0 Å². The number of anilines is 1. The fourth-order valence-electron chi connectivity index (χ4n) is 3.35. The molecule has 0 saturated heterocycles. The van der Waals surface area contributed by atoms with Gasteiger partial charge in [-0.3, -0.25) is 0 Å². The first kappa shape index (κ1) is 19.6. The van der Waals surface area contributed by atoms with E-state index >= 15 is 0 Å². The summed E-state index contributed by atoms with van der Waals surface area (Å²) in [6.07, 6.45) is 5.25. The van der Waals surface area contributed by atoms with Gasteiger partial charge in [0.1, 0.15) is 17.2 Å². The second kappa shape index (κ2) is 9.17. The van der Waals surface area contributed by atoms with Crippen molar-refractivity contribution in [2.75, 3.05) is 33.2 Å². The van der Waals surface area contributed by atoms with E-state index < -0.39 is 0 Å². The summed E-state index contributed by atoms with van der Waals surface area (Å²) in [7, 11) is 4.81. The molecule has 6 nitrogen and oxygen atoms in total. The average Bonchev–Trinajstić information content (AvgIpc) is 2.73. The van der Waals surface area contributed by atoms with E-state index in [0.717, 1.165) is 25.0 Å². The van der Waals surface area contributed by atoms with E-state index in [1.807, 2.05) is 6.07 Å². The average molecular weight is 382 g/mol. The molecule has 0 spiro atoms. The van der Waals surface area contributed by atoms with Crippen molar-refractivity contribution in [3.63, 3.8) is 0 Å². The summed E-state index contributed by atoms with van der Waals surface area (Å²) in [5.41, 5.74) is 4.36. The predicted molar refractivity (Wildman–Crippen MR) is 110 cm³/mol. The third-order valence-corrected chi connectivity index (χ3v) is 4.82. The van der Waals surface area contributed by atoms with Crippen molar-refractivity contribution in [3.8, 4) is 17.2 Å². The molecule has 0 unspecified atom stereocenters. The van der Waals surface area contributed by atoms with Crippen molar-refractivity contribution < 1.29 is 19.0 Å². The van der Waals surface area contributed by atoms with Gasteiger partial charge in [-0.2, -0.15) is 0 Å². The van der Waals surface area contributed by atoms with Crippen LogP contribution in [0.2, 0.25) is 0 Å². The van der Waals surface area contributed by atoms with Crippen LogP contribution in [0, 0.1) is 0 Å². The lowest BCUT2D eigenvalue weighted by molar-refractivity contribution is 0.253. The summed E-state index contributed by atoms with van der Waals surface area (Å²) in [4.78, 5) is 12.3. The molecule has 2 N–H and O–H groups in total. The molecule has 1 aliphatic carbocycles. The fourth-order valence-corrected chi connectivity index (χ4v) is 3.35. The smallest absolute Gasteiger partial charge is 0.319 e. The molecule has 148 valence electrons. The number of hydrogen-bond acceptors (Lipinski definition) is 4. The summed E-state index contributed by atoms with van der Waals surface area (Å²) in [5.74, 6) is 2.06. The number of amides is 2. The van der Waals surface area contributed by atoms with E-state index in [9.17, 15) is 4.79 Å². The van der Waals surface area contributed by atoms with Gasteiger partial charge in [0.25, 0.3) is 0 Å². The molecule has 0 bridgehead atoms. The molecular weight excluding hydrogens is 356 g/mol. The number of methoxy groups -OCH3 is 3. The molecule has 0 aromatic heterocycles. The van der Waals surface area contributed by atoms with Crippen LogP contribution in [0.25, 0.3) is 5.57 Å². The van der Waals surface area contributed by atoms with Crippen LogP contribution >= 0.6 is 0 Å². The second-order valence-corrected chi connectivity index (χ2v) is 6.51. The molecule has 0 atom stereocenters. The van der Waals surface area contributed by atoms with Gasteiger partial charge in [0.2, 0.25) is 0 Å². The highest BCUT2D eigenvalue weighted by molar-refractivity contribution is 5.91. The quantitative estimate of drug-likeness (QED) is 0.784. The van der Waals surface area contributed by atoms with Gasteiger partial charge in [-0.25, -0.2) is 4.79 Å². The summed E-state index contributed by atoms with van der Waals surface area (Å²) in [5, 5.41) is 5.68. The van der Waals surface area contributed by atoms with Crippen LogP contribution in [-0.4, -0.2) is 33.9 Å². The topological polar surface area (TPSA) is 68.8 Å². The van der Waals surface area contributed by atoms with E-state index in [1.165, 1.54) is 16.7 Å². The SMILES string of the molecule is COc1ccc(NC(=O)NC/C=C2\CCCc3ccc(OC)cc32)c(OC)c1. The Hall–Kier alpha value is -3.15. The third-order valence-electron chi connectivity index (χ3n) is 4.82. The highest BCUT2D eigenvalue weighted by Crippen LogP contribution is 2.33. The van der Waals surface area contributed by atoms with Gasteiger partial charge >= 0.3 is 6.03 Å². The zero-order chi connectivity index (χ0) is 19.9. The number of urea groups is 1. The van der Waals surface area contributed by atoms with Crippen molar-refractivity contribution >= 4 is 17.3 Å². The Morgan fingerprint density at radius 2 is 1.75 bits per heavy atom. The summed E-state index contributed by atoms with van der Waals surface area (Å²) in [6, 6.07) is 11.1. The van der Waals surface area contributed by atoms with Gasteiger partial charge in [0.05, 0.1) is 27.0 Å². The minimum absolute atomic E-state index is 0.290. The lowest BCUT2D eigenvalue weighted by Crippen LogP contribution is -2.29. The number of carbonyl (C=O) groups is 1. The molecule has 0 aliphatic heterocycles. The first-order valence-electron chi connectivity index (χ1n) is 9.27. The first-order chi connectivity index (χ1) is 13.6. The monoisotopic (exact) mass is 382 g/mol. The van der Waals surface area contributed by atoms with Gasteiger partial charge in [0, 0.05) is 12.6 Å². The highest BCUT2D eigenvalue weighted by atomic mass is 16.5. The maximum atomic E-state index is 12.3. The number of aryl methyl sites for hydroxylation is 1. The van der Waals surface area contributed by atoms with Crippen molar-refractivity contribution in [2.24, 2.45) is 0 Å². The largest absolute Gasteiger partial charge is 0.497 e. The minimum atomic E-state index is -0.290. The molecule has 0 radical (unpaired) electrons.